The van der Waals surface area contributed by atoms with E-state index in [9.17, 15) is 9.59 Å². The van der Waals surface area contributed by atoms with Crippen molar-refractivity contribution in [3.05, 3.63) is 29.8 Å². The number of Topliss-reactive ketones (excluding diaryl/α,β-unsaturated/α-hetero) is 1. The summed E-state index contributed by atoms with van der Waals surface area (Å²) in [5.41, 5.74) is 1.09. The molecule has 0 heterocycles. The van der Waals surface area contributed by atoms with Crippen LogP contribution in [0.3, 0.4) is 0 Å². The van der Waals surface area contributed by atoms with Gasteiger partial charge in [0.1, 0.15) is 11.5 Å². The molecule has 3 heteroatoms. The molecule has 1 fully saturated rings. The Balaban J connectivity index is 2.14. The summed E-state index contributed by atoms with van der Waals surface area (Å²) in [7, 11) is 0. The summed E-state index contributed by atoms with van der Waals surface area (Å²) in [4.78, 5) is 22.3. The molecule has 0 bridgehead atoms. The highest BCUT2D eigenvalue weighted by Gasteiger charge is 2.21. The Morgan fingerprint density at radius 3 is 2.94 bits per heavy atom. The van der Waals surface area contributed by atoms with Gasteiger partial charge in [-0.2, -0.15) is 0 Å². The number of ether oxygens (including phenoxy) is 1. The average molecular weight is 232 g/mol. The number of hydrogen-bond donors (Lipinski definition) is 0. The minimum atomic E-state index is -0.318. The molecule has 0 radical (unpaired) electrons. The molecule has 2 rings (SSSR count). The molecule has 0 aromatic heterocycles. The van der Waals surface area contributed by atoms with Crippen LogP contribution in [0.25, 0.3) is 0 Å². The van der Waals surface area contributed by atoms with Crippen LogP contribution in [0.5, 0.6) is 5.75 Å². The zero-order valence-corrected chi connectivity index (χ0v) is 9.94. The molecular formula is C14H16O3. The molecule has 1 saturated carbocycles. The number of rotatable bonds is 2. The Hall–Kier alpha value is -1.64. The molecule has 1 aliphatic rings. The van der Waals surface area contributed by atoms with E-state index in [-0.39, 0.29) is 11.9 Å². The van der Waals surface area contributed by atoms with Gasteiger partial charge in [-0.3, -0.25) is 9.59 Å². The predicted molar refractivity (Wildman–Crippen MR) is 64.0 cm³/mol. The van der Waals surface area contributed by atoms with Crippen molar-refractivity contribution in [1.29, 1.82) is 0 Å². The quantitative estimate of drug-likeness (QED) is 0.581. The SMILES string of the molecule is CC(=O)Oc1cccc(C2CCCC(=O)C2)c1. The van der Waals surface area contributed by atoms with E-state index < -0.39 is 0 Å². The van der Waals surface area contributed by atoms with Crippen molar-refractivity contribution in [2.75, 3.05) is 0 Å². The Morgan fingerprint density at radius 1 is 1.41 bits per heavy atom. The van der Waals surface area contributed by atoms with Gasteiger partial charge in [0.15, 0.2) is 0 Å². The zero-order chi connectivity index (χ0) is 12.3. The highest BCUT2D eigenvalue weighted by Crippen LogP contribution is 2.32. The number of carbonyl (C=O) groups is 2. The third-order valence-corrected chi connectivity index (χ3v) is 3.07. The van der Waals surface area contributed by atoms with Gasteiger partial charge in [0, 0.05) is 19.8 Å². The van der Waals surface area contributed by atoms with E-state index >= 15 is 0 Å². The van der Waals surface area contributed by atoms with Crippen LogP contribution < -0.4 is 4.74 Å². The number of benzene rings is 1. The van der Waals surface area contributed by atoms with Crippen molar-refractivity contribution in [2.45, 2.75) is 38.5 Å². The normalized spacial score (nSPS) is 20.1. The molecule has 1 unspecified atom stereocenters. The molecule has 1 aromatic rings. The highest BCUT2D eigenvalue weighted by molar-refractivity contribution is 5.80. The van der Waals surface area contributed by atoms with Crippen LogP contribution in [0.4, 0.5) is 0 Å². The number of hydrogen-bond acceptors (Lipinski definition) is 3. The maximum Gasteiger partial charge on any atom is 0.308 e. The van der Waals surface area contributed by atoms with E-state index in [2.05, 4.69) is 0 Å². The lowest BCUT2D eigenvalue weighted by Gasteiger charge is -2.21. The van der Waals surface area contributed by atoms with E-state index in [4.69, 9.17) is 4.74 Å². The minimum absolute atomic E-state index is 0.284. The van der Waals surface area contributed by atoms with Gasteiger partial charge in [0.25, 0.3) is 0 Å². The molecule has 0 saturated heterocycles. The zero-order valence-electron chi connectivity index (χ0n) is 9.94. The molecular weight excluding hydrogens is 216 g/mol. The first kappa shape index (κ1) is 11.8. The van der Waals surface area contributed by atoms with Gasteiger partial charge in [0.05, 0.1) is 0 Å². The van der Waals surface area contributed by atoms with Gasteiger partial charge in [0.2, 0.25) is 0 Å². The van der Waals surface area contributed by atoms with Crippen LogP contribution in [0.1, 0.15) is 44.1 Å². The van der Waals surface area contributed by atoms with Crippen molar-refractivity contribution >= 4 is 11.8 Å². The number of ketones is 1. The van der Waals surface area contributed by atoms with E-state index in [1.807, 2.05) is 18.2 Å². The lowest BCUT2D eigenvalue weighted by molar-refractivity contribution is -0.132. The van der Waals surface area contributed by atoms with Crippen molar-refractivity contribution in [1.82, 2.24) is 0 Å². The number of carbonyl (C=O) groups excluding carboxylic acids is 2. The summed E-state index contributed by atoms with van der Waals surface area (Å²) in [5, 5.41) is 0. The Kier molecular flexibility index (Phi) is 3.57. The molecule has 0 spiro atoms. The van der Waals surface area contributed by atoms with Crippen LogP contribution in [0.15, 0.2) is 24.3 Å². The first-order valence-corrected chi connectivity index (χ1v) is 5.95. The Bertz CT molecular complexity index is 437. The van der Waals surface area contributed by atoms with Gasteiger partial charge in [-0.15, -0.1) is 0 Å². The van der Waals surface area contributed by atoms with E-state index in [0.717, 1.165) is 18.4 Å². The summed E-state index contributed by atoms with van der Waals surface area (Å²) in [6, 6.07) is 7.49. The van der Waals surface area contributed by atoms with Gasteiger partial charge < -0.3 is 4.74 Å². The second-order valence-corrected chi connectivity index (χ2v) is 4.50. The van der Waals surface area contributed by atoms with Crippen molar-refractivity contribution in [3.8, 4) is 5.75 Å². The number of esters is 1. The van der Waals surface area contributed by atoms with E-state index in [1.165, 1.54) is 6.92 Å². The van der Waals surface area contributed by atoms with Gasteiger partial charge >= 0.3 is 5.97 Å². The molecule has 1 aromatic carbocycles. The molecule has 3 nitrogen and oxygen atoms in total. The largest absolute Gasteiger partial charge is 0.427 e. The van der Waals surface area contributed by atoms with Crippen molar-refractivity contribution < 1.29 is 14.3 Å². The summed E-state index contributed by atoms with van der Waals surface area (Å²) in [6.45, 7) is 1.39. The maximum absolute atomic E-state index is 11.4. The van der Waals surface area contributed by atoms with E-state index in [1.54, 1.807) is 6.07 Å². The maximum atomic E-state index is 11.4. The molecule has 0 N–H and O–H groups in total. The van der Waals surface area contributed by atoms with Crippen LogP contribution in [-0.4, -0.2) is 11.8 Å². The molecule has 17 heavy (non-hydrogen) atoms. The lowest BCUT2D eigenvalue weighted by atomic mass is 9.83. The first-order valence-electron chi connectivity index (χ1n) is 5.95. The smallest absolute Gasteiger partial charge is 0.308 e. The van der Waals surface area contributed by atoms with Crippen molar-refractivity contribution in [2.24, 2.45) is 0 Å². The second-order valence-electron chi connectivity index (χ2n) is 4.50. The Morgan fingerprint density at radius 2 is 2.24 bits per heavy atom. The lowest BCUT2D eigenvalue weighted by Crippen LogP contribution is -2.13. The van der Waals surface area contributed by atoms with Crippen LogP contribution >= 0.6 is 0 Å². The van der Waals surface area contributed by atoms with Gasteiger partial charge in [-0.1, -0.05) is 12.1 Å². The summed E-state index contributed by atoms with van der Waals surface area (Å²) in [5.74, 6) is 0.862. The minimum Gasteiger partial charge on any atom is -0.427 e. The van der Waals surface area contributed by atoms with Crippen molar-refractivity contribution in [3.63, 3.8) is 0 Å². The summed E-state index contributed by atoms with van der Waals surface area (Å²) < 4.78 is 5.05. The summed E-state index contributed by atoms with van der Waals surface area (Å²) in [6.07, 6.45) is 3.32. The molecule has 0 amide bonds. The van der Waals surface area contributed by atoms with Crippen LogP contribution in [0.2, 0.25) is 0 Å². The molecule has 1 aliphatic carbocycles. The van der Waals surface area contributed by atoms with Gasteiger partial charge in [-0.25, -0.2) is 0 Å². The second kappa shape index (κ2) is 5.13. The first-order chi connectivity index (χ1) is 8.15. The molecule has 1 atom stereocenters. The molecule has 90 valence electrons. The van der Waals surface area contributed by atoms with Crippen LogP contribution in [0, 0.1) is 0 Å². The third-order valence-electron chi connectivity index (χ3n) is 3.07. The highest BCUT2D eigenvalue weighted by atomic mass is 16.5. The fourth-order valence-corrected chi connectivity index (χ4v) is 2.31. The summed E-state index contributed by atoms with van der Waals surface area (Å²) >= 11 is 0. The Labute approximate surface area is 101 Å². The molecule has 0 aliphatic heterocycles. The third kappa shape index (κ3) is 3.16. The topological polar surface area (TPSA) is 43.4 Å². The van der Waals surface area contributed by atoms with E-state index in [0.29, 0.717) is 24.4 Å². The average Bonchev–Trinajstić information content (AvgIpc) is 2.28. The van der Waals surface area contributed by atoms with Gasteiger partial charge in [-0.05, 0) is 36.5 Å². The monoisotopic (exact) mass is 232 g/mol. The van der Waals surface area contributed by atoms with Crippen LogP contribution in [-0.2, 0) is 9.59 Å². The fourth-order valence-electron chi connectivity index (χ4n) is 2.31. The standard InChI is InChI=1S/C14H16O3/c1-10(15)17-14-7-3-5-12(9-14)11-4-2-6-13(16)8-11/h3,5,7,9,11H,2,4,6,8H2,1H3. The fraction of sp³-hybridized carbons (Fsp3) is 0.429. The predicted octanol–water partition coefficient (Wildman–Crippen LogP) is 2.84.